The number of rotatable bonds is 7. The fourth-order valence-electron chi connectivity index (χ4n) is 2.12. The first-order chi connectivity index (χ1) is 8.47. The highest BCUT2D eigenvalue weighted by Crippen LogP contribution is 2.07. The van der Waals surface area contributed by atoms with Crippen LogP contribution in [-0.4, -0.2) is 14.6 Å². The van der Waals surface area contributed by atoms with Crippen LogP contribution in [0.25, 0.3) is 0 Å². The van der Waals surface area contributed by atoms with Crippen molar-refractivity contribution in [2.75, 3.05) is 6.54 Å². The molecule has 0 saturated carbocycles. The minimum absolute atomic E-state index is 0.825. The summed E-state index contributed by atoms with van der Waals surface area (Å²) < 4.78 is 0. The van der Waals surface area contributed by atoms with Gasteiger partial charge in [-0.3, -0.25) is 0 Å². The molecule has 0 radical (unpaired) electrons. The van der Waals surface area contributed by atoms with Crippen molar-refractivity contribution < 1.29 is 0 Å². The minimum atomic E-state index is -1.14. The van der Waals surface area contributed by atoms with Gasteiger partial charge < -0.3 is 5.32 Å². The van der Waals surface area contributed by atoms with Crippen LogP contribution in [0.15, 0.2) is 24.3 Å². The Kier molecular flexibility index (Phi) is 6.10. The van der Waals surface area contributed by atoms with Crippen LogP contribution in [0, 0.1) is 5.92 Å². The van der Waals surface area contributed by atoms with Crippen LogP contribution in [0.2, 0.25) is 19.6 Å². The minimum Gasteiger partial charge on any atom is -0.312 e. The number of hydrogen-bond donors (Lipinski definition) is 1. The molecule has 2 heteroatoms. The normalized spacial score (nSPS) is 12.1. The van der Waals surface area contributed by atoms with Crippen molar-refractivity contribution in [2.45, 2.75) is 52.9 Å². The second-order valence-corrected chi connectivity index (χ2v) is 11.3. The number of nitrogens with one attached hydrogen (secondary N) is 1. The predicted octanol–water partition coefficient (Wildman–Crippen LogP) is 3.76. The van der Waals surface area contributed by atoms with Crippen LogP contribution in [0.5, 0.6) is 0 Å². The van der Waals surface area contributed by atoms with Crippen LogP contribution in [0.4, 0.5) is 0 Å². The first-order valence-electron chi connectivity index (χ1n) is 7.27. The van der Waals surface area contributed by atoms with Gasteiger partial charge in [-0.15, -0.1) is 0 Å². The first-order valence-corrected chi connectivity index (χ1v) is 10.8. The lowest BCUT2D eigenvalue weighted by Gasteiger charge is -2.17. The van der Waals surface area contributed by atoms with Crippen LogP contribution in [0.1, 0.15) is 32.3 Å². The second-order valence-electron chi connectivity index (χ2n) is 6.26. The highest BCUT2D eigenvalue weighted by Gasteiger charge is 2.15. The maximum absolute atomic E-state index is 3.57. The van der Waals surface area contributed by atoms with E-state index in [1.165, 1.54) is 18.4 Å². The molecule has 0 bridgehead atoms. The lowest BCUT2D eigenvalue weighted by Crippen LogP contribution is -2.37. The summed E-state index contributed by atoms with van der Waals surface area (Å²) in [7, 11) is -1.14. The Bertz CT molecular complexity index is 333. The Balaban J connectivity index is 2.45. The highest BCUT2D eigenvalue weighted by atomic mass is 28.3. The molecule has 1 N–H and O–H groups in total. The largest absolute Gasteiger partial charge is 0.312 e. The van der Waals surface area contributed by atoms with E-state index in [0.29, 0.717) is 0 Å². The van der Waals surface area contributed by atoms with Gasteiger partial charge in [0.2, 0.25) is 0 Å². The molecule has 18 heavy (non-hydrogen) atoms. The van der Waals surface area contributed by atoms with Crippen molar-refractivity contribution in [3.63, 3.8) is 0 Å². The van der Waals surface area contributed by atoms with Gasteiger partial charge in [0.15, 0.2) is 0 Å². The quantitative estimate of drug-likeness (QED) is 0.739. The fourth-order valence-corrected chi connectivity index (χ4v) is 3.29. The summed E-state index contributed by atoms with van der Waals surface area (Å²) in [6.07, 6.45) is 2.55. The van der Waals surface area contributed by atoms with Crippen LogP contribution >= 0.6 is 0 Å². The zero-order chi connectivity index (χ0) is 13.6. The van der Waals surface area contributed by atoms with Gasteiger partial charge in [0.05, 0.1) is 8.07 Å². The number of benzene rings is 1. The lowest BCUT2D eigenvalue weighted by molar-refractivity contribution is 0.449. The van der Waals surface area contributed by atoms with E-state index in [-0.39, 0.29) is 0 Å². The Morgan fingerprint density at radius 1 is 1.00 bits per heavy atom. The Hall–Kier alpha value is -0.603. The summed E-state index contributed by atoms with van der Waals surface area (Å²) in [6.45, 7) is 13.9. The molecule has 1 nitrogen and oxygen atoms in total. The average Bonchev–Trinajstić information content (AvgIpc) is 2.34. The van der Waals surface area contributed by atoms with Crippen LogP contribution < -0.4 is 10.5 Å². The smallest absolute Gasteiger partial charge is 0.0775 e. The van der Waals surface area contributed by atoms with Crippen LogP contribution in [-0.2, 0) is 6.54 Å². The molecule has 0 saturated heterocycles. The van der Waals surface area contributed by atoms with Gasteiger partial charge >= 0.3 is 0 Å². The summed E-state index contributed by atoms with van der Waals surface area (Å²) in [5, 5.41) is 5.12. The van der Waals surface area contributed by atoms with E-state index in [0.717, 1.165) is 19.0 Å². The first kappa shape index (κ1) is 15.5. The standard InChI is InChI=1S/C16H29NSi/c1-6-14(7-2)12-17-13-15-8-10-16(11-9-15)18(3,4)5/h8-11,14,17H,6-7,12-13H2,1-5H3. The topological polar surface area (TPSA) is 12.0 Å². The van der Waals surface area contributed by atoms with Gasteiger partial charge in [0.25, 0.3) is 0 Å². The van der Waals surface area contributed by atoms with Gasteiger partial charge in [-0.25, -0.2) is 0 Å². The molecule has 0 atom stereocenters. The van der Waals surface area contributed by atoms with E-state index in [1.54, 1.807) is 5.19 Å². The third-order valence-corrected chi connectivity index (χ3v) is 5.80. The number of hydrogen-bond acceptors (Lipinski definition) is 1. The van der Waals surface area contributed by atoms with E-state index in [2.05, 4.69) is 63.1 Å². The maximum Gasteiger partial charge on any atom is 0.0775 e. The van der Waals surface area contributed by atoms with Crippen LogP contribution in [0.3, 0.4) is 0 Å². The molecule has 1 rings (SSSR count). The van der Waals surface area contributed by atoms with Gasteiger partial charge in [-0.2, -0.15) is 0 Å². The van der Waals surface area contributed by atoms with Gasteiger partial charge in [-0.1, -0.05) is 75.8 Å². The molecule has 0 heterocycles. The second kappa shape index (κ2) is 7.10. The molecule has 0 aromatic heterocycles. The molecule has 1 aromatic carbocycles. The zero-order valence-corrected chi connectivity index (χ0v) is 13.7. The van der Waals surface area contributed by atoms with E-state index in [1.807, 2.05) is 0 Å². The molecule has 102 valence electrons. The third kappa shape index (κ3) is 4.95. The lowest BCUT2D eigenvalue weighted by atomic mass is 10.0. The van der Waals surface area contributed by atoms with E-state index < -0.39 is 8.07 Å². The average molecular weight is 264 g/mol. The molecular weight excluding hydrogens is 234 g/mol. The maximum atomic E-state index is 3.57. The summed E-state index contributed by atoms with van der Waals surface area (Å²) in [5.74, 6) is 0.825. The molecule has 0 fully saturated rings. The van der Waals surface area contributed by atoms with Gasteiger partial charge in [0.1, 0.15) is 0 Å². The summed E-state index contributed by atoms with van der Waals surface area (Å²) in [6, 6.07) is 9.21. The molecule has 0 unspecified atom stereocenters. The van der Waals surface area contributed by atoms with Crippen molar-refractivity contribution in [1.29, 1.82) is 0 Å². The summed E-state index contributed by atoms with van der Waals surface area (Å²) >= 11 is 0. The SMILES string of the molecule is CCC(CC)CNCc1ccc([Si](C)(C)C)cc1. The molecular formula is C16H29NSi. The highest BCUT2D eigenvalue weighted by molar-refractivity contribution is 6.88. The fraction of sp³-hybridized carbons (Fsp3) is 0.625. The Morgan fingerprint density at radius 2 is 1.56 bits per heavy atom. The zero-order valence-electron chi connectivity index (χ0n) is 12.7. The molecule has 0 aliphatic carbocycles. The van der Waals surface area contributed by atoms with E-state index in [9.17, 15) is 0 Å². The van der Waals surface area contributed by atoms with E-state index in [4.69, 9.17) is 0 Å². The van der Waals surface area contributed by atoms with Crippen molar-refractivity contribution in [1.82, 2.24) is 5.32 Å². The van der Waals surface area contributed by atoms with Crippen molar-refractivity contribution >= 4 is 13.3 Å². The molecule has 1 aromatic rings. The third-order valence-electron chi connectivity index (χ3n) is 3.74. The monoisotopic (exact) mass is 263 g/mol. The molecule has 0 spiro atoms. The molecule has 0 aliphatic rings. The Labute approximate surface area is 114 Å². The molecule has 0 aliphatic heterocycles. The molecule has 0 amide bonds. The van der Waals surface area contributed by atoms with Gasteiger partial charge in [0, 0.05) is 6.54 Å². The van der Waals surface area contributed by atoms with E-state index >= 15 is 0 Å². The van der Waals surface area contributed by atoms with Gasteiger partial charge in [-0.05, 0) is 18.0 Å². The van der Waals surface area contributed by atoms with Crippen molar-refractivity contribution in [3.05, 3.63) is 29.8 Å². The van der Waals surface area contributed by atoms with Crippen molar-refractivity contribution in [2.24, 2.45) is 5.92 Å². The summed E-state index contributed by atoms with van der Waals surface area (Å²) in [4.78, 5) is 0. The summed E-state index contributed by atoms with van der Waals surface area (Å²) in [5.41, 5.74) is 1.41. The van der Waals surface area contributed by atoms with Crippen molar-refractivity contribution in [3.8, 4) is 0 Å². The Morgan fingerprint density at radius 3 is 2.00 bits per heavy atom. The predicted molar refractivity (Wildman–Crippen MR) is 85.2 cm³/mol.